The van der Waals surface area contributed by atoms with Crippen LogP contribution in [0.1, 0.15) is 12.8 Å². The molecule has 0 bridgehead atoms. The fourth-order valence-electron chi connectivity index (χ4n) is 1.09. The fraction of sp³-hybridized carbons (Fsp3) is 0.333. The molecule has 1 aliphatic rings. The molecule has 1 atom stereocenters. The summed E-state index contributed by atoms with van der Waals surface area (Å²) in [5.41, 5.74) is 0. The third-order valence-electron chi connectivity index (χ3n) is 1.76. The van der Waals surface area contributed by atoms with Gasteiger partial charge >= 0.3 is 0 Å². The first kappa shape index (κ1) is 10.9. The number of aliphatic imine (C=N–C) groups is 2. The third-order valence-corrected chi connectivity index (χ3v) is 2.04. The van der Waals surface area contributed by atoms with E-state index in [1.807, 2.05) is 0 Å². The Kier molecular flexibility index (Phi) is 3.85. The number of halogens is 1. The van der Waals surface area contributed by atoms with E-state index in [4.69, 9.17) is 17.4 Å². The maximum Gasteiger partial charge on any atom is 0.216 e. The standard InChI is InChI=1S/C9H13ClN4/c1-3-5-7-12-8(6-4-2)14(11)9(10)13-7/h3-4,8H,1-2,5-6,11H2. The van der Waals surface area contributed by atoms with Crippen LogP contribution in [-0.4, -0.2) is 22.3 Å². The van der Waals surface area contributed by atoms with Crippen molar-refractivity contribution in [2.75, 3.05) is 0 Å². The quantitative estimate of drug-likeness (QED) is 0.438. The van der Waals surface area contributed by atoms with Crippen molar-refractivity contribution in [3.05, 3.63) is 25.3 Å². The van der Waals surface area contributed by atoms with E-state index in [0.29, 0.717) is 18.7 Å². The molecule has 0 aromatic rings. The largest absolute Gasteiger partial charge is 0.260 e. The van der Waals surface area contributed by atoms with Gasteiger partial charge in [0.15, 0.2) is 0 Å². The molecule has 1 heterocycles. The minimum Gasteiger partial charge on any atom is -0.260 e. The van der Waals surface area contributed by atoms with Crippen molar-refractivity contribution in [2.24, 2.45) is 15.8 Å². The summed E-state index contributed by atoms with van der Waals surface area (Å²) in [6.45, 7) is 7.24. The molecule has 0 saturated carbocycles. The lowest BCUT2D eigenvalue weighted by Crippen LogP contribution is -2.45. The SMILES string of the molecule is C=CCC1=NC(CC=C)N(N)C(Cl)=N1. The van der Waals surface area contributed by atoms with Crippen molar-refractivity contribution in [2.45, 2.75) is 19.0 Å². The van der Waals surface area contributed by atoms with Gasteiger partial charge in [0.1, 0.15) is 12.0 Å². The zero-order valence-electron chi connectivity index (χ0n) is 7.86. The summed E-state index contributed by atoms with van der Waals surface area (Å²) in [5, 5.41) is 1.58. The second kappa shape index (κ2) is 4.93. The molecular weight excluding hydrogens is 200 g/mol. The van der Waals surface area contributed by atoms with E-state index in [9.17, 15) is 0 Å². The summed E-state index contributed by atoms with van der Waals surface area (Å²) >= 11 is 5.83. The first-order chi connectivity index (χ1) is 6.69. The average molecular weight is 213 g/mol. The number of amidine groups is 2. The summed E-state index contributed by atoms with van der Waals surface area (Å²) in [6.07, 6.45) is 4.51. The molecule has 1 aliphatic heterocycles. The van der Waals surface area contributed by atoms with Crippen LogP contribution >= 0.6 is 11.6 Å². The maximum absolute atomic E-state index is 5.83. The van der Waals surface area contributed by atoms with Gasteiger partial charge in [-0.2, -0.15) is 0 Å². The molecule has 4 nitrogen and oxygen atoms in total. The highest BCUT2D eigenvalue weighted by atomic mass is 35.5. The molecule has 0 aromatic heterocycles. The molecule has 76 valence electrons. The predicted octanol–water partition coefficient (Wildman–Crippen LogP) is 1.65. The van der Waals surface area contributed by atoms with Crippen LogP contribution in [0.2, 0.25) is 0 Å². The van der Waals surface area contributed by atoms with E-state index >= 15 is 0 Å². The lowest BCUT2D eigenvalue weighted by molar-refractivity contribution is 0.332. The second-order valence-electron chi connectivity index (χ2n) is 2.83. The van der Waals surface area contributed by atoms with Crippen molar-refractivity contribution in [1.29, 1.82) is 0 Å². The van der Waals surface area contributed by atoms with Crippen LogP contribution in [0.3, 0.4) is 0 Å². The highest BCUT2D eigenvalue weighted by Gasteiger charge is 2.20. The zero-order chi connectivity index (χ0) is 10.6. The van der Waals surface area contributed by atoms with Crippen molar-refractivity contribution in [3.8, 4) is 0 Å². The smallest absolute Gasteiger partial charge is 0.216 e. The van der Waals surface area contributed by atoms with Gasteiger partial charge in [0.25, 0.3) is 0 Å². The third kappa shape index (κ3) is 2.43. The van der Waals surface area contributed by atoms with Crippen molar-refractivity contribution >= 4 is 22.7 Å². The van der Waals surface area contributed by atoms with Crippen molar-refractivity contribution < 1.29 is 0 Å². The van der Waals surface area contributed by atoms with Gasteiger partial charge in [0, 0.05) is 12.8 Å². The average Bonchev–Trinajstić information content (AvgIpc) is 2.14. The fourth-order valence-corrected chi connectivity index (χ4v) is 1.30. The molecule has 0 spiro atoms. The number of nitrogens with two attached hydrogens (primary N) is 1. The number of hydrazine groups is 1. The lowest BCUT2D eigenvalue weighted by atomic mass is 10.3. The Bertz CT molecular complexity index is 295. The number of rotatable bonds is 4. The maximum atomic E-state index is 5.83. The van der Waals surface area contributed by atoms with Crippen LogP contribution in [0, 0.1) is 0 Å². The van der Waals surface area contributed by atoms with Gasteiger partial charge in [-0.05, 0) is 11.6 Å². The van der Waals surface area contributed by atoms with E-state index in [-0.39, 0.29) is 11.5 Å². The van der Waals surface area contributed by atoms with Gasteiger partial charge in [-0.25, -0.2) is 15.8 Å². The van der Waals surface area contributed by atoms with E-state index in [2.05, 4.69) is 23.1 Å². The predicted molar refractivity (Wildman–Crippen MR) is 60.2 cm³/mol. The Hall–Kier alpha value is -1.13. The number of nitrogens with zero attached hydrogens (tertiary/aromatic N) is 3. The molecule has 0 aromatic carbocycles. The Balaban J connectivity index is 2.82. The van der Waals surface area contributed by atoms with E-state index in [1.165, 1.54) is 5.01 Å². The summed E-state index contributed by atoms with van der Waals surface area (Å²) in [4.78, 5) is 8.31. The first-order valence-electron chi connectivity index (χ1n) is 4.25. The Labute approximate surface area is 88.4 Å². The number of hydrogen-bond donors (Lipinski definition) is 1. The molecular formula is C9H13ClN4. The van der Waals surface area contributed by atoms with E-state index < -0.39 is 0 Å². The first-order valence-corrected chi connectivity index (χ1v) is 4.63. The molecule has 0 saturated heterocycles. The topological polar surface area (TPSA) is 54.0 Å². The van der Waals surface area contributed by atoms with E-state index in [0.717, 1.165) is 0 Å². The monoisotopic (exact) mass is 212 g/mol. The Morgan fingerprint density at radius 1 is 1.50 bits per heavy atom. The summed E-state index contributed by atoms with van der Waals surface area (Å²) in [5.74, 6) is 6.31. The van der Waals surface area contributed by atoms with Crippen molar-refractivity contribution in [1.82, 2.24) is 5.01 Å². The highest BCUT2D eigenvalue weighted by Crippen LogP contribution is 2.13. The normalized spacial score (nSPS) is 21.3. The summed E-state index contributed by atoms with van der Waals surface area (Å²) in [7, 11) is 0. The van der Waals surface area contributed by atoms with Gasteiger partial charge in [0.2, 0.25) is 5.29 Å². The van der Waals surface area contributed by atoms with Crippen LogP contribution in [0.25, 0.3) is 0 Å². The molecule has 14 heavy (non-hydrogen) atoms. The minimum atomic E-state index is -0.201. The van der Waals surface area contributed by atoms with Gasteiger partial charge in [-0.3, -0.25) is 5.01 Å². The molecule has 5 heteroatoms. The minimum absolute atomic E-state index is 0.201. The van der Waals surface area contributed by atoms with Crippen LogP contribution < -0.4 is 5.84 Å². The van der Waals surface area contributed by atoms with Gasteiger partial charge in [-0.15, -0.1) is 13.2 Å². The molecule has 1 rings (SSSR count). The summed E-state index contributed by atoms with van der Waals surface area (Å²) < 4.78 is 0. The summed E-state index contributed by atoms with van der Waals surface area (Å²) in [6, 6.07) is 0. The highest BCUT2D eigenvalue weighted by molar-refractivity contribution is 6.65. The Morgan fingerprint density at radius 3 is 2.79 bits per heavy atom. The van der Waals surface area contributed by atoms with Crippen LogP contribution in [0.4, 0.5) is 0 Å². The molecule has 0 aliphatic carbocycles. The zero-order valence-corrected chi connectivity index (χ0v) is 8.61. The molecule has 0 fully saturated rings. The van der Waals surface area contributed by atoms with Crippen molar-refractivity contribution in [3.63, 3.8) is 0 Å². The molecule has 1 unspecified atom stereocenters. The lowest BCUT2D eigenvalue weighted by Gasteiger charge is -2.27. The molecule has 2 N–H and O–H groups in total. The second-order valence-corrected chi connectivity index (χ2v) is 3.17. The van der Waals surface area contributed by atoms with Gasteiger partial charge in [-0.1, -0.05) is 12.2 Å². The molecule has 0 radical (unpaired) electrons. The van der Waals surface area contributed by atoms with E-state index in [1.54, 1.807) is 12.2 Å². The van der Waals surface area contributed by atoms with Gasteiger partial charge < -0.3 is 0 Å². The van der Waals surface area contributed by atoms with Crippen LogP contribution in [0.15, 0.2) is 35.3 Å². The number of hydrogen-bond acceptors (Lipinski definition) is 4. The Morgan fingerprint density at radius 2 is 2.21 bits per heavy atom. The van der Waals surface area contributed by atoms with Crippen LogP contribution in [-0.2, 0) is 0 Å². The van der Waals surface area contributed by atoms with Gasteiger partial charge in [0.05, 0.1) is 0 Å². The van der Waals surface area contributed by atoms with Crippen LogP contribution in [0.5, 0.6) is 0 Å². The molecule has 0 amide bonds.